The number of halogens is 2. The molecule has 0 radical (unpaired) electrons. The van der Waals surface area contributed by atoms with Crippen LogP contribution in [-0.2, 0) is 11.3 Å². The molecule has 7 heteroatoms. The monoisotopic (exact) mass is 377 g/mol. The van der Waals surface area contributed by atoms with Crippen LogP contribution >= 0.6 is 23.2 Å². The molecule has 3 rings (SSSR count). The van der Waals surface area contributed by atoms with Crippen LogP contribution in [0.15, 0.2) is 48.5 Å². The maximum atomic E-state index is 12.2. The van der Waals surface area contributed by atoms with Crippen LogP contribution < -0.4 is 15.5 Å². The fraction of sp³-hybridized carbons (Fsp3) is 0.222. The molecule has 3 amide bonds. The minimum Gasteiger partial charge on any atom is -0.334 e. The van der Waals surface area contributed by atoms with Gasteiger partial charge < -0.3 is 15.5 Å². The molecule has 1 atom stereocenters. The summed E-state index contributed by atoms with van der Waals surface area (Å²) in [4.78, 5) is 25.9. The first-order valence-electron chi connectivity index (χ1n) is 7.86. The van der Waals surface area contributed by atoms with Gasteiger partial charge in [-0.15, -0.1) is 0 Å². The molecule has 1 aliphatic rings. The van der Waals surface area contributed by atoms with Crippen LogP contribution in [0.2, 0.25) is 10.0 Å². The predicted octanol–water partition coefficient (Wildman–Crippen LogP) is 3.60. The lowest BCUT2D eigenvalue weighted by Gasteiger charge is -2.17. The Morgan fingerprint density at radius 3 is 2.56 bits per heavy atom. The first-order chi connectivity index (χ1) is 12.0. The molecule has 2 N–H and O–H groups in total. The lowest BCUT2D eigenvalue weighted by Crippen LogP contribution is -2.43. The Bertz CT molecular complexity index is 780. The third-order valence-corrected chi connectivity index (χ3v) is 4.62. The molecule has 0 saturated carbocycles. The number of nitrogens with zero attached hydrogens (tertiary/aromatic N) is 1. The molecule has 1 heterocycles. The summed E-state index contributed by atoms with van der Waals surface area (Å²) in [7, 11) is 0. The first kappa shape index (κ1) is 17.6. The zero-order valence-electron chi connectivity index (χ0n) is 13.3. The maximum Gasteiger partial charge on any atom is 0.315 e. The third-order valence-electron chi connectivity index (χ3n) is 4.00. The lowest BCUT2D eigenvalue weighted by atomic mass is 10.2. The smallest absolute Gasteiger partial charge is 0.315 e. The van der Waals surface area contributed by atoms with Crippen molar-refractivity contribution in [3.8, 4) is 0 Å². The Morgan fingerprint density at radius 2 is 1.84 bits per heavy atom. The highest BCUT2D eigenvalue weighted by molar-refractivity contribution is 6.31. The number of hydrogen-bond donors (Lipinski definition) is 2. The van der Waals surface area contributed by atoms with Crippen molar-refractivity contribution in [2.75, 3.05) is 11.4 Å². The average molecular weight is 378 g/mol. The van der Waals surface area contributed by atoms with Crippen LogP contribution in [0.25, 0.3) is 0 Å². The zero-order chi connectivity index (χ0) is 17.8. The van der Waals surface area contributed by atoms with Crippen molar-refractivity contribution < 1.29 is 9.59 Å². The Morgan fingerprint density at radius 1 is 1.12 bits per heavy atom. The van der Waals surface area contributed by atoms with E-state index in [4.69, 9.17) is 23.2 Å². The number of rotatable bonds is 4. The van der Waals surface area contributed by atoms with Gasteiger partial charge >= 0.3 is 6.03 Å². The highest BCUT2D eigenvalue weighted by atomic mass is 35.5. The van der Waals surface area contributed by atoms with E-state index in [9.17, 15) is 9.59 Å². The van der Waals surface area contributed by atoms with Gasteiger partial charge in [0.2, 0.25) is 5.91 Å². The second-order valence-electron chi connectivity index (χ2n) is 5.80. The van der Waals surface area contributed by atoms with Gasteiger partial charge in [-0.2, -0.15) is 0 Å². The van der Waals surface area contributed by atoms with Crippen molar-refractivity contribution in [3.63, 3.8) is 0 Å². The van der Waals surface area contributed by atoms with Gasteiger partial charge in [-0.25, -0.2) is 4.79 Å². The Hall–Kier alpha value is -2.24. The van der Waals surface area contributed by atoms with E-state index in [1.807, 2.05) is 18.2 Å². The number of hydrogen-bond acceptors (Lipinski definition) is 2. The Kier molecular flexibility index (Phi) is 5.46. The molecule has 1 fully saturated rings. The number of benzene rings is 2. The molecule has 0 unspecified atom stereocenters. The molecule has 1 aliphatic heterocycles. The van der Waals surface area contributed by atoms with Gasteiger partial charge in [-0.1, -0.05) is 41.4 Å². The molecular weight excluding hydrogens is 361 g/mol. The van der Waals surface area contributed by atoms with E-state index in [2.05, 4.69) is 10.6 Å². The zero-order valence-corrected chi connectivity index (χ0v) is 14.8. The van der Waals surface area contributed by atoms with Crippen LogP contribution in [0, 0.1) is 0 Å². The minimum atomic E-state index is -0.323. The number of carbonyl (C=O) groups is 2. The highest BCUT2D eigenvalue weighted by Gasteiger charge is 2.31. The maximum absolute atomic E-state index is 12.2. The van der Waals surface area contributed by atoms with Crippen molar-refractivity contribution in [1.29, 1.82) is 0 Å². The normalized spacial score (nSPS) is 16.8. The highest BCUT2D eigenvalue weighted by Crippen LogP contribution is 2.23. The van der Waals surface area contributed by atoms with Gasteiger partial charge in [0.25, 0.3) is 0 Å². The second-order valence-corrected chi connectivity index (χ2v) is 6.64. The number of nitrogens with one attached hydrogen (secondary N) is 2. The van der Waals surface area contributed by atoms with E-state index < -0.39 is 0 Å². The van der Waals surface area contributed by atoms with E-state index in [0.717, 1.165) is 11.3 Å². The quantitative estimate of drug-likeness (QED) is 0.854. The summed E-state index contributed by atoms with van der Waals surface area (Å²) in [6.07, 6.45) is 0.266. The minimum absolute atomic E-state index is 0.0290. The van der Waals surface area contributed by atoms with Crippen molar-refractivity contribution in [2.24, 2.45) is 0 Å². The number of urea groups is 1. The van der Waals surface area contributed by atoms with Crippen LogP contribution in [-0.4, -0.2) is 24.5 Å². The molecule has 2 aromatic rings. The fourth-order valence-corrected chi connectivity index (χ4v) is 3.06. The van der Waals surface area contributed by atoms with Gasteiger partial charge in [0.05, 0.1) is 6.04 Å². The largest absolute Gasteiger partial charge is 0.334 e. The predicted molar refractivity (Wildman–Crippen MR) is 99.0 cm³/mol. The van der Waals surface area contributed by atoms with Gasteiger partial charge in [-0.05, 0) is 35.9 Å². The molecule has 0 spiro atoms. The Labute approximate surface area is 155 Å². The molecule has 0 aliphatic carbocycles. The molecule has 2 aromatic carbocycles. The molecule has 0 aromatic heterocycles. The second kappa shape index (κ2) is 7.76. The van der Waals surface area contributed by atoms with E-state index >= 15 is 0 Å². The number of amides is 3. The van der Waals surface area contributed by atoms with Crippen LogP contribution in [0.4, 0.5) is 10.5 Å². The number of carbonyl (C=O) groups excluding carboxylic acids is 2. The number of anilines is 1. The standard InChI is InChI=1S/C18H17Cl2N3O2/c19-13-5-7-15(8-6-13)23-11-14(9-17(23)24)22-18(25)21-10-12-3-1-2-4-16(12)20/h1-8,14H,9-11H2,(H2,21,22,25)/t14-/m1/s1. The summed E-state index contributed by atoms with van der Waals surface area (Å²) in [5.41, 5.74) is 1.61. The molecule has 1 saturated heterocycles. The van der Waals surface area contributed by atoms with E-state index in [1.165, 1.54) is 0 Å². The molecular formula is C18H17Cl2N3O2. The SMILES string of the molecule is O=C(NCc1ccccc1Cl)N[C@@H]1CC(=O)N(c2ccc(Cl)cc2)C1. The van der Waals surface area contributed by atoms with Gasteiger partial charge in [0.15, 0.2) is 0 Å². The van der Waals surface area contributed by atoms with Crippen molar-refractivity contribution in [2.45, 2.75) is 19.0 Å². The summed E-state index contributed by atoms with van der Waals surface area (Å²) < 4.78 is 0. The van der Waals surface area contributed by atoms with E-state index in [0.29, 0.717) is 23.1 Å². The molecule has 0 bridgehead atoms. The van der Waals surface area contributed by atoms with Crippen molar-refractivity contribution in [1.82, 2.24) is 10.6 Å². The fourth-order valence-electron chi connectivity index (χ4n) is 2.73. The van der Waals surface area contributed by atoms with E-state index in [1.54, 1.807) is 35.2 Å². The van der Waals surface area contributed by atoms with Gasteiger partial charge in [0, 0.05) is 35.2 Å². The lowest BCUT2D eigenvalue weighted by molar-refractivity contribution is -0.117. The van der Waals surface area contributed by atoms with Crippen LogP contribution in [0.1, 0.15) is 12.0 Å². The van der Waals surface area contributed by atoms with Gasteiger partial charge in [-0.3, -0.25) is 4.79 Å². The summed E-state index contributed by atoms with van der Waals surface area (Å²) in [5.74, 6) is -0.0290. The summed E-state index contributed by atoms with van der Waals surface area (Å²) in [6, 6.07) is 13.8. The van der Waals surface area contributed by atoms with Crippen molar-refractivity contribution >= 4 is 40.8 Å². The summed E-state index contributed by atoms with van der Waals surface area (Å²) >= 11 is 11.9. The summed E-state index contributed by atoms with van der Waals surface area (Å²) in [6.45, 7) is 0.757. The third kappa shape index (κ3) is 4.44. The average Bonchev–Trinajstić information content (AvgIpc) is 2.95. The van der Waals surface area contributed by atoms with Crippen molar-refractivity contribution in [3.05, 3.63) is 64.1 Å². The van der Waals surface area contributed by atoms with E-state index in [-0.39, 0.29) is 24.4 Å². The first-order valence-corrected chi connectivity index (χ1v) is 8.62. The Balaban J connectivity index is 1.53. The van der Waals surface area contributed by atoms with Gasteiger partial charge in [0.1, 0.15) is 0 Å². The van der Waals surface area contributed by atoms with Crippen LogP contribution in [0.5, 0.6) is 0 Å². The molecule has 130 valence electrons. The molecule has 25 heavy (non-hydrogen) atoms. The topological polar surface area (TPSA) is 61.4 Å². The van der Waals surface area contributed by atoms with Crippen LogP contribution in [0.3, 0.4) is 0 Å². The molecule has 5 nitrogen and oxygen atoms in total. The summed E-state index contributed by atoms with van der Waals surface area (Å²) in [5, 5.41) is 6.81.